The van der Waals surface area contributed by atoms with E-state index in [9.17, 15) is 4.79 Å². The summed E-state index contributed by atoms with van der Waals surface area (Å²) in [6, 6.07) is 17.2. The summed E-state index contributed by atoms with van der Waals surface area (Å²) in [4.78, 5) is 12.7. The molecule has 3 rings (SSSR count). The zero-order valence-corrected chi connectivity index (χ0v) is 14.6. The fraction of sp³-hybridized carbons (Fsp3) is 0.200. The van der Waals surface area contributed by atoms with Crippen LogP contribution in [0.1, 0.15) is 23.0 Å². The SMILES string of the molecule is CCc1ccccc1NC(=O)c1cc(-c2cccc(OC)c2)nn1C. The van der Waals surface area contributed by atoms with Crippen molar-refractivity contribution in [3.8, 4) is 17.0 Å². The molecule has 0 unspecified atom stereocenters. The van der Waals surface area contributed by atoms with Crippen molar-refractivity contribution < 1.29 is 9.53 Å². The molecule has 0 radical (unpaired) electrons. The number of anilines is 1. The molecule has 3 aromatic rings. The normalized spacial score (nSPS) is 10.5. The second kappa shape index (κ2) is 7.21. The molecule has 0 saturated carbocycles. The molecule has 1 amide bonds. The average Bonchev–Trinajstić information content (AvgIpc) is 3.04. The topological polar surface area (TPSA) is 56.1 Å². The predicted octanol–water partition coefficient (Wildman–Crippen LogP) is 3.91. The molecule has 1 aromatic heterocycles. The number of carbonyl (C=O) groups excluding carboxylic acids is 1. The van der Waals surface area contributed by atoms with E-state index in [1.54, 1.807) is 24.9 Å². The lowest BCUT2D eigenvalue weighted by atomic mass is 10.1. The summed E-state index contributed by atoms with van der Waals surface area (Å²) in [6.45, 7) is 2.07. The number of hydrogen-bond donors (Lipinski definition) is 1. The molecule has 0 spiro atoms. The Bertz CT molecular complexity index is 899. The zero-order valence-electron chi connectivity index (χ0n) is 14.6. The van der Waals surface area contributed by atoms with Crippen molar-refractivity contribution in [2.45, 2.75) is 13.3 Å². The fourth-order valence-electron chi connectivity index (χ4n) is 2.74. The molecule has 0 atom stereocenters. The molecule has 5 heteroatoms. The third-order valence-corrected chi connectivity index (χ3v) is 4.12. The number of nitrogens with one attached hydrogen (secondary N) is 1. The highest BCUT2D eigenvalue weighted by Crippen LogP contribution is 2.24. The van der Waals surface area contributed by atoms with Crippen LogP contribution in [-0.2, 0) is 13.5 Å². The van der Waals surface area contributed by atoms with E-state index in [-0.39, 0.29) is 5.91 Å². The number of rotatable bonds is 5. The smallest absolute Gasteiger partial charge is 0.273 e. The summed E-state index contributed by atoms with van der Waals surface area (Å²) in [7, 11) is 3.39. The van der Waals surface area contributed by atoms with Crippen molar-refractivity contribution in [2.75, 3.05) is 12.4 Å². The van der Waals surface area contributed by atoms with Gasteiger partial charge in [0.05, 0.1) is 12.8 Å². The van der Waals surface area contributed by atoms with Crippen LogP contribution < -0.4 is 10.1 Å². The van der Waals surface area contributed by atoms with Crippen LogP contribution in [0.15, 0.2) is 54.6 Å². The number of hydrogen-bond acceptors (Lipinski definition) is 3. The van der Waals surface area contributed by atoms with E-state index in [0.717, 1.165) is 34.7 Å². The Kier molecular flexibility index (Phi) is 4.84. The maximum Gasteiger partial charge on any atom is 0.273 e. The number of para-hydroxylation sites is 1. The highest BCUT2D eigenvalue weighted by atomic mass is 16.5. The first-order valence-corrected chi connectivity index (χ1v) is 8.20. The second-order valence-corrected chi connectivity index (χ2v) is 5.74. The van der Waals surface area contributed by atoms with Gasteiger partial charge in [-0.25, -0.2) is 0 Å². The summed E-state index contributed by atoms with van der Waals surface area (Å²) < 4.78 is 6.85. The van der Waals surface area contributed by atoms with E-state index in [0.29, 0.717) is 5.69 Å². The van der Waals surface area contributed by atoms with Crippen LogP contribution in [0.5, 0.6) is 5.75 Å². The first kappa shape index (κ1) is 16.8. The summed E-state index contributed by atoms with van der Waals surface area (Å²) in [5, 5.41) is 7.44. The standard InChI is InChI=1S/C20H21N3O2/c1-4-14-8-5-6-11-17(14)21-20(24)19-13-18(22-23(19)2)15-9-7-10-16(12-15)25-3/h5-13H,4H2,1-3H3,(H,21,24). The van der Waals surface area contributed by atoms with E-state index in [1.165, 1.54) is 0 Å². The monoisotopic (exact) mass is 335 g/mol. The van der Waals surface area contributed by atoms with Gasteiger partial charge in [0, 0.05) is 18.3 Å². The van der Waals surface area contributed by atoms with Crippen molar-refractivity contribution in [3.05, 3.63) is 65.9 Å². The first-order chi connectivity index (χ1) is 12.1. The van der Waals surface area contributed by atoms with E-state index in [1.807, 2.05) is 48.5 Å². The van der Waals surface area contributed by atoms with E-state index in [2.05, 4.69) is 17.3 Å². The van der Waals surface area contributed by atoms with Crippen LogP contribution in [0, 0.1) is 0 Å². The molecule has 0 aliphatic rings. The number of amides is 1. The van der Waals surface area contributed by atoms with Gasteiger partial charge in [-0.05, 0) is 36.2 Å². The summed E-state index contributed by atoms with van der Waals surface area (Å²) in [6.07, 6.45) is 0.858. The highest BCUT2D eigenvalue weighted by molar-refractivity contribution is 6.04. The summed E-state index contributed by atoms with van der Waals surface area (Å²) >= 11 is 0. The minimum atomic E-state index is -0.176. The Balaban J connectivity index is 1.88. The number of aryl methyl sites for hydroxylation is 2. The van der Waals surface area contributed by atoms with Crippen LogP contribution in [0.4, 0.5) is 5.69 Å². The second-order valence-electron chi connectivity index (χ2n) is 5.74. The van der Waals surface area contributed by atoms with Gasteiger partial charge < -0.3 is 10.1 Å². The Morgan fingerprint density at radius 1 is 1.16 bits per heavy atom. The lowest BCUT2D eigenvalue weighted by Gasteiger charge is -2.09. The molecule has 1 heterocycles. The molecule has 0 fully saturated rings. The molecule has 0 bridgehead atoms. The molecule has 0 saturated heterocycles. The highest BCUT2D eigenvalue weighted by Gasteiger charge is 2.15. The maximum atomic E-state index is 12.7. The van der Waals surface area contributed by atoms with Crippen LogP contribution in [0.25, 0.3) is 11.3 Å². The largest absolute Gasteiger partial charge is 0.497 e. The summed E-state index contributed by atoms with van der Waals surface area (Å²) in [5.74, 6) is 0.580. The molecule has 0 aliphatic heterocycles. The Hall–Kier alpha value is -3.08. The first-order valence-electron chi connectivity index (χ1n) is 8.20. The van der Waals surface area contributed by atoms with Crippen molar-refractivity contribution in [1.29, 1.82) is 0 Å². The van der Waals surface area contributed by atoms with Crippen molar-refractivity contribution >= 4 is 11.6 Å². The van der Waals surface area contributed by atoms with Gasteiger partial charge in [-0.15, -0.1) is 0 Å². The quantitative estimate of drug-likeness (QED) is 0.769. The molecule has 5 nitrogen and oxygen atoms in total. The molecule has 128 valence electrons. The van der Waals surface area contributed by atoms with Gasteiger partial charge >= 0.3 is 0 Å². The average molecular weight is 335 g/mol. The molecular formula is C20H21N3O2. The van der Waals surface area contributed by atoms with Gasteiger partial charge in [0.1, 0.15) is 11.4 Å². The molecule has 0 aliphatic carbocycles. The van der Waals surface area contributed by atoms with E-state index in [4.69, 9.17) is 4.74 Å². The van der Waals surface area contributed by atoms with Crippen LogP contribution in [0.2, 0.25) is 0 Å². The predicted molar refractivity (Wildman–Crippen MR) is 99.0 cm³/mol. The number of aromatic nitrogens is 2. The van der Waals surface area contributed by atoms with E-state index >= 15 is 0 Å². The molecular weight excluding hydrogens is 314 g/mol. The molecule has 25 heavy (non-hydrogen) atoms. The Morgan fingerprint density at radius 2 is 1.96 bits per heavy atom. The Morgan fingerprint density at radius 3 is 2.72 bits per heavy atom. The van der Waals surface area contributed by atoms with E-state index < -0.39 is 0 Å². The van der Waals surface area contributed by atoms with Gasteiger partial charge in [0.2, 0.25) is 0 Å². The maximum absolute atomic E-state index is 12.7. The van der Waals surface area contributed by atoms with Gasteiger partial charge in [-0.3, -0.25) is 9.48 Å². The number of carbonyl (C=O) groups is 1. The van der Waals surface area contributed by atoms with Crippen molar-refractivity contribution in [2.24, 2.45) is 7.05 Å². The minimum absolute atomic E-state index is 0.176. The van der Waals surface area contributed by atoms with Crippen molar-refractivity contribution in [1.82, 2.24) is 9.78 Å². The van der Waals surface area contributed by atoms with Gasteiger partial charge in [0.15, 0.2) is 0 Å². The van der Waals surface area contributed by atoms with Crippen LogP contribution >= 0.6 is 0 Å². The number of nitrogens with zero attached hydrogens (tertiary/aromatic N) is 2. The molecule has 1 N–H and O–H groups in total. The molecule has 2 aromatic carbocycles. The lowest BCUT2D eigenvalue weighted by Crippen LogP contribution is -2.16. The zero-order chi connectivity index (χ0) is 17.8. The lowest BCUT2D eigenvalue weighted by molar-refractivity contribution is 0.101. The van der Waals surface area contributed by atoms with Gasteiger partial charge in [-0.1, -0.05) is 37.3 Å². The fourth-order valence-corrected chi connectivity index (χ4v) is 2.74. The van der Waals surface area contributed by atoms with Gasteiger partial charge in [-0.2, -0.15) is 5.10 Å². The van der Waals surface area contributed by atoms with Crippen molar-refractivity contribution in [3.63, 3.8) is 0 Å². The third-order valence-electron chi connectivity index (χ3n) is 4.12. The minimum Gasteiger partial charge on any atom is -0.497 e. The third kappa shape index (κ3) is 3.55. The van der Waals surface area contributed by atoms with Crippen LogP contribution in [-0.4, -0.2) is 22.8 Å². The summed E-state index contributed by atoms with van der Waals surface area (Å²) in [5.41, 5.74) is 4.08. The number of benzene rings is 2. The Labute approximate surface area is 147 Å². The number of ether oxygens (including phenoxy) is 1. The van der Waals surface area contributed by atoms with Crippen LogP contribution in [0.3, 0.4) is 0 Å². The number of methoxy groups -OCH3 is 1. The van der Waals surface area contributed by atoms with Gasteiger partial charge in [0.25, 0.3) is 5.91 Å².